The Balaban J connectivity index is 1.80. The van der Waals surface area contributed by atoms with E-state index in [2.05, 4.69) is 17.1 Å². The van der Waals surface area contributed by atoms with Gasteiger partial charge in [0.05, 0.1) is 7.11 Å². The average molecular weight is 278 g/mol. The zero-order valence-corrected chi connectivity index (χ0v) is 12.6. The molecule has 0 amide bonds. The van der Waals surface area contributed by atoms with Crippen molar-refractivity contribution in [3.8, 4) is 11.5 Å². The van der Waals surface area contributed by atoms with Crippen LogP contribution in [0.2, 0.25) is 0 Å². The van der Waals surface area contributed by atoms with Gasteiger partial charge in [-0.2, -0.15) is 0 Å². The molecule has 1 aliphatic heterocycles. The summed E-state index contributed by atoms with van der Waals surface area (Å²) in [5.74, 6) is 1.10. The quantitative estimate of drug-likeness (QED) is 0.838. The number of phenols is 1. The maximum Gasteiger partial charge on any atom is 0.120 e. The van der Waals surface area contributed by atoms with Gasteiger partial charge in [0.25, 0.3) is 0 Å². The van der Waals surface area contributed by atoms with Gasteiger partial charge in [0.2, 0.25) is 0 Å². The molecule has 0 spiro atoms. The first kappa shape index (κ1) is 15.1. The lowest BCUT2D eigenvalue weighted by molar-refractivity contribution is 0.170. The fourth-order valence-corrected chi connectivity index (χ4v) is 2.73. The van der Waals surface area contributed by atoms with Gasteiger partial charge in [0.1, 0.15) is 11.5 Å². The minimum Gasteiger partial charge on any atom is -0.508 e. The molecular formula is C16H26N2O2. The third kappa shape index (κ3) is 4.12. The molecule has 0 saturated carbocycles. The number of likely N-dealkylation sites (tertiary alicyclic amines) is 1. The first-order valence-electron chi connectivity index (χ1n) is 7.51. The lowest BCUT2D eigenvalue weighted by Crippen LogP contribution is -2.42. The molecule has 4 heteroatoms. The number of piperidine rings is 1. The summed E-state index contributed by atoms with van der Waals surface area (Å²) in [7, 11) is 1.64. The van der Waals surface area contributed by atoms with Crippen molar-refractivity contribution >= 4 is 0 Å². The zero-order chi connectivity index (χ0) is 14.4. The number of ether oxygens (including phenoxy) is 1. The number of methoxy groups -OCH3 is 1. The minimum absolute atomic E-state index is 0.323. The molecule has 1 aromatic rings. The molecule has 1 atom stereocenters. The van der Waals surface area contributed by atoms with Gasteiger partial charge in [0.15, 0.2) is 0 Å². The van der Waals surface area contributed by atoms with E-state index in [1.54, 1.807) is 19.2 Å². The Labute approximate surface area is 121 Å². The molecule has 4 nitrogen and oxygen atoms in total. The molecule has 20 heavy (non-hydrogen) atoms. The van der Waals surface area contributed by atoms with E-state index >= 15 is 0 Å². The molecule has 2 N–H and O–H groups in total. The van der Waals surface area contributed by atoms with Gasteiger partial charge in [-0.3, -0.25) is 4.90 Å². The van der Waals surface area contributed by atoms with Crippen LogP contribution in [0.4, 0.5) is 0 Å². The Hall–Kier alpha value is -1.26. The summed E-state index contributed by atoms with van der Waals surface area (Å²) in [6, 6.07) is 5.88. The van der Waals surface area contributed by atoms with Crippen LogP contribution < -0.4 is 10.1 Å². The highest BCUT2D eigenvalue weighted by Crippen LogP contribution is 2.22. The standard InChI is InChI=1S/C16H26N2O2/c1-13(18-8-4-3-5-9-18)11-17-12-14-10-15(20-2)6-7-16(14)19/h6-7,10,13,17,19H,3-5,8-9,11-12H2,1-2H3. The summed E-state index contributed by atoms with van der Waals surface area (Å²) in [5.41, 5.74) is 0.884. The van der Waals surface area contributed by atoms with Crippen LogP contribution in [0.1, 0.15) is 31.7 Å². The number of phenolic OH excluding ortho intramolecular Hbond substituents is 1. The molecule has 112 valence electrons. The predicted octanol–water partition coefficient (Wildman–Crippen LogP) is 2.36. The average Bonchev–Trinajstić information content (AvgIpc) is 2.50. The Bertz CT molecular complexity index is 417. The van der Waals surface area contributed by atoms with Crippen LogP contribution in [0.25, 0.3) is 0 Å². The molecule has 0 aliphatic carbocycles. The minimum atomic E-state index is 0.323. The van der Waals surface area contributed by atoms with Crippen molar-refractivity contribution in [2.45, 2.75) is 38.8 Å². The highest BCUT2D eigenvalue weighted by molar-refractivity contribution is 5.39. The molecule has 1 aliphatic rings. The maximum absolute atomic E-state index is 9.84. The predicted molar refractivity (Wildman–Crippen MR) is 81.3 cm³/mol. The molecule has 0 radical (unpaired) electrons. The number of nitrogens with zero attached hydrogens (tertiary/aromatic N) is 1. The van der Waals surface area contributed by atoms with E-state index in [1.165, 1.54) is 32.4 Å². The fourth-order valence-electron chi connectivity index (χ4n) is 2.73. The first-order chi connectivity index (χ1) is 9.70. The Kier molecular flexibility index (Phi) is 5.68. The Morgan fingerprint density at radius 2 is 2.05 bits per heavy atom. The fraction of sp³-hybridized carbons (Fsp3) is 0.625. The molecule has 1 unspecified atom stereocenters. The molecule has 0 aromatic heterocycles. The van der Waals surface area contributed by atoms with E-state index in [9.17, 15) is 5.11 Å². The number of hydrogen-bond donors (Lipinski definition) is 2. The molecule has 1 saturated heterocycles. The number of aromatic hydroxyl groups is 1. The second kappa shape index (κ2) is 7.50. The van der Waals surface area contributed by atoms with E-state index in [0.717, 1.165) is 17.9 Å². The monoisotopic (exact) mass is 278 g/mol. The maximum atomic E-state index is 9.84. The topological polar surface area (TPSA) is 44.7 Å². The Morgan fingerprint density at radius 3 is 2.75 bits per heavy atom. The molecule has 2 rings (SSSR count). The second-order valence-electron chi connectivity index (χ2n) is 5.57. The van der Waals surface area contributed by atoms with Crippen molar-refractivity contribution in [1.82, 2.24) is 10.2 Å². The summed E-state index contributed by atoms with van der Waals surface area (Å²) in [6.45, 7) is 6.31. The van der Waals surface area contributed by atoms with Crippen molar-refractivity contribution in [3.05, 3.63) is 23.8 Å². The summed E-state index contributed by atoms with van der Waals surface area (Å²) in [5, 5.41) is 13.3. The van der Waals surface area contributed by atoms with Crippen LogP contribution in [-0.2, 0) is 6.54 Å². The van der Waals surface area contributed by atoms with Gasteiger partial charge in [-0.25, -0.2) is 0 Å². The van der Waals surface area contributed by atoms with Gasteiger partial charge in [-0.1, -0.05) is 6.42 Å². The van der Waals surface area contributed by atoms with Crippen molar-refractivity contribution in [1.29, 1.82) is 0 Å². The van der Waals surface area contributed by atoms with Crippen molar-refractivity contribution in [2.24, 2.45) is 0 Å². The Morgan fingerprint density at radius 1 is 1.30 bits per heavy atom. The van der Waals surface area contributed by atoms with Crippen LogP contribution >= 0.6 is 0 Å². The van der Waals surface area contributed by atoms with Crippen molar-refractivity contribution < 1.29 is 9.84 Å². The van der Waals surface area contributed by atoms with Crippen LogP contribution in [0.3, 0.4) is 0 Å². The third-order valence-electron chi connectivity index (χ3n) is 4.06. The van der Waals surface area contributed by atoms with E-state index < -0.39 is 0 Å². The molecule has 1 fully saturated rings. The lowest BCUT2D eigenvalue weighted by atomic mass is 10.1. The van der Waals surface area contributed by atoms with E-state index in [0.29, 0.717) is 18.3 Å². The number of hydrogen-bond acceptors (Lipinski definition) is 4. The largest absolute Gasteiger partial charge is 0.508 e. The first-order valence-corrected chi connectivity index (χ1v) is 7.51. The van der Waals surface area contributed by atoms with Gasteiger partial charge in [0, 0.05) is 24.7 Å². The second-order valence-corrected chi connectivity index (χ2v) is 5.57. The summed E-state index contributed by atoms with van der Waals surface area (Å²) < 4.78 is 5.19. The smallest absolute Gasteiger partial charge is 0.120 e. The van der Waals surface area contributed by atoms with Gasteiger partial charge in [-0.15, -0.1) is 0 Å². The summed E-state index contributed by atoms with van der Waals surface area (Å²) in [6.07, 6.45) is 4.01. The van der Waals surface area contributed by atoms with Crippen LogP contribution in [0, 0.1) is 0 Å². The number of nitrogens with one attached hydrogen (secondary N) is 1. The van der Waals surface area contributed by atoms with Crippen molar-refractivity contribution in [2.75, 3.05) is 26.7 Å². The van der Waals surface area contributed by atoms with E-state index in [4.69, 9.17) is 4.74 Å². The van der Waals surface area contributed by atoms with Gasteiger partial charge >= 0.3 is 0 Å². The normalized spacial score (nSPS) is 17.9. The van der Waals surface area contributed by atoms with Gasteiger partial charge < -0.3 is 15.2 Å². The van der Waals surface area contributed by atoms with Crippen LogP contribution in [0.15, 0.2) is 18.2 Å². The highest BCUT2D eigenvalue weighted by atomic mass is 16.5. The SMILES string of the molecule is COc1ccc(O)c(CNCC(C)N2CCCCC2)c1. The zero-order valence-electron chi connectivity index (χ0n) is 12.6. The lowest BCUT2D eigenvalue weighted by Gasteiger charge is -2.32. The number of benzene rings is 1. The molecular weight excluding hydrogens is 252 g/mol. The third-order valence-corrected chi connectivity index (χ3v) is 4.06. The van der Waals surface area contributed by atoms with Crippen LogP contribution in [0.5, 0.6) is 11.5 Å². The van der Waals surface area contributed by atoms with Crippen molar-refractivity contribution in [3.63, 3.8) is 0 Å². The van der Waals surface area contributed by atoms with E-state index in [1.807, 2.05) is 6.07 Å². The molecule has 1 aromatic carbocycles. The molecule has 0 bridgehead atoms. The van der Waals surface area contributed by atoms with Crippen LogP contribution in [-0.4, -0.2) is 42.8 Å². The highest BCUT2D eigenvalue weighted by Gasteiger charge is 2.16. The molecule has 1 heterocycles. The van der Waals surface area contributed by atoms with Gasteiger partial charge in [-0.05, 0) is 51.1 Å². The number of rotatable bonds is 6. The summed E-state index contributed by atoms with van der Waals surface area (Å²) >= 11 is 0. The summed E-state index contributed by atoms with van der Waals surface area (Å²) in [4.78, 5) is 2.54. The van der Waals surface area contributed by atoms with E-state index in [-0.39, 0.29) is 0 Å².